The Kier molecular flexibility index (Phi) is 4.19. The number of carbonyl (C=O) groups is 1. The van der Waals surface area contributed by atoms with Crippen molar-refractivity contribution in [2.45, 2.75) is 13.5 Å². The molecule has 0 aliphatic heterocycles. The minimum Gasteiger partial charge on any atom is -0.487 e. The van der Waals surface area contributed by atoms with E-state index >= 15 is 0 Å². The lowest BCUT2D eigenvalue weighted by atomic mass is 10.0. The number of ether oxygens (including phenoxy) is 1. The van der Waals surface area contributed by atoms with Crippen molar-refractivity contribution in [1.82, 2.24) is 5.16 Å². The van der Waals surface area contributed by atoms with Crippen LogP contribution in [0.1, 0.15) is 27.4 Å². The molecule has 0 aliphatic rings. The highest BCUT2D eigenvalue weighted by molar-refractivity contribution is 6.08. The predicted octanol–water partition coefficient (Wildman–Crippen LogP) is 3.93. The Morgan fingerprint density at radius 1 is 1.09 bits per heavy atom. The van der Waals surface area contributed by atoms with Crippen molar-refractivity contribution >= 4 is 5.78 Å². The first-order valence-electron chi connectivity index (χ1n) is 7.07. The van der Waals surface area contributed by atoms with Gasteiger partial charge >= 0.3 is 0 Å². The summed E-state index contributed by atoms with van der Waals surface area (Å²) >= 11 is 0. The lowest BCUT2D eigenvalue weighted by Gasteiger charge is -2.05. The van der Waals surface area contributed by atoms with E-state index in [1.807, 2.05) is 6.92 Å². The lowest BCUT2D eigenvalue weighted by molar-refractivity contribution is 0.103. The minimum atomic E-state index is -0.367. The average molecular weight is 311 g/mol. The van der Waals surface area contributed by atoms with E-state index in [1.54, 1.807) is 30.3 Å². The second kappa shape index (κ2) is 6.44. The third-order valence-corrected chi connectivity index (χ3v) is 3.29. The smallest absolute Gasteiger partial charge is 0.193 e. The first-order valence-corrected chi connectivity index (χ1v) is 7.07. The molecule has 0 radical (unpaired) electrons. The number of aromatic nitrogens is 1. The standard InChI is InChI=1S/C18H14FNO3/c1-12-10-16(20-23-12)11-22-17-8-4-14(5-9-17)18(21)13-2-6-15(19)7-3-13/h2-10H,11H2,1H3. The van der Waals surface area contributed by atoms with Crippen LogP contribution in [0.4, 0.5) is 4.39 Å². The Balaban J connectivity index is 1.66. The molecule has 5 heteroatoms. The van der Waals surface area contributed by atoms with Crippen molar-refractivity contribution in [2.24, 2.45) is 0 Å². The van der Waals surface area contributed by atoms with Crippen LogP contribution in [-0.2, 0) is 6.61 Å². The van der Waals surface area contributed by atoms with E-state index in [9.17, 15) is 9.18 Å². The molecule has 116 valence electrons. The highest BCUT2D eigenvalue weighted by Gasteiger charge is 2.09. The molecule has 3 aromatic rings. The van der Waals surface area contributed by atoms with Gasteiger partial charge in [0.25, 0.3) is 0 Å². The number of nitrogens with zero attached hydrogens (tertiary/aromatic N) is 1. The maximum atomic E-state index is 12.9. The first-order chi connectivity index (χ1) is 11.1. The van der Waals surface area contributed by atoms with Gasteiger partial charge in [0, 0.05) is 17.2 Å². The summed E-state index contributed by atoms with van der Waals surface area (Å²) in [5, 5.41) is 3.84. The molecule has 0 amide bonds. The Morgan fingerprint density at radius 2 is 1.70 bits per heavy atom. The zero-order chi connectivity index (χ0) is 16.2. The molecule has 0 aliphatic carbocycles. The van der Waals surface area contributed by atoms with Gasteiger partial charge in [-0.3, -0.25) is 4.79 Å². The summed E-state index contributed by atoms with van der Waals surface area (Å²) in [6.07, 6.45) is 0. The van der Waals surface area contributed by atoms with Crippen LogP contribution in [0, 0.1) is 12.7 Å². The minimum absolute atomic E-state index is 0.163. The summed E-state index contributed by atoms with van der Waals surface area (Å²) in [6.45, 7) is 2.11. The fourth-order valence-corrected chi connectivity index (χ4v) is 2.11. The van der Waals surface area contributed by atoms with Crippen LogP contribution in [0.15, 0.2) is 59.1 Å². The van der Waals surface area contributed by atoms with Crippen molar-refractivity contribution < 1.29 is 18.4 Å². The number of halogens is 1. The number of carbonyl (C=O) groups excluding carboxylic acids is 1. The third-order valence-electron chi connectivity index (χ3n) is 3.29. The number of benzene rings is 2. The van der Waals surface area contributed by atoms with Crippen LogP contribution < -0.4 is 4.74 Å². The second-order valence-electron chi connectivity index (χ2n) is 5.08. The van der Waals surface area contributed by atoms with Gasteiger partial charge in [-0.1, -0.05) is 5.16 Å². The molecule has 0 spiro atoms. The number of ketones is 1. The van der Waals surface area contributed by atoms with Crippen LogP contribution >= 0.6 is 0 Å². The zero-order valence-electron chi connectivity index (χ0n) is 12.5. The van der Waals surface area contributed by atoms with Crippen LogP contribution in [0.2, 0.25) is 0 Å². The quantitative estimate of drug-likeness (QED) is 0.670. The Hall–Kier alpha value is -2.95. The van der Waals surface area contributed by atoms with Gasteiger partial charge in [-0.15, -0.1) is 0 Å². The zero-order valence-corrected chi connectivity index (χ0v) is 12.5. The van der Waals surface area contributed by atoms with Gasteiger partial charge in [0.2, 0.25) is 0 Å². The molecule has 0 saturated carbocycles. The van der Waals surface area contributed by atoms with Crippen LogP contribution in [-0.4, -0.2) is 10.9 Å². The Bertz CT molecular complexity index is 807. The van der Waals surface area contributed by atoms with Crippen LogP contribution in [0.25, 0.3) is 0 Å². The van der Waals surface area contributed by atoms with Crippen molar-refractivity contribution in [3.63, 3.8) is 0 Å². The van der Waals surface area contributed by atoms with Crippen molar-refractivity contribution in [2.75, 3.05) is 0 Å². The maximum absolute atomic E-state index is 12.9. The molecule has 2 aromatic carbocycles. The number of aryl methyl sites for hydroxylation is 1. The van der Waals surface area contributed by atoms with E-state index in [2.05, 4.69) is 5.16 Å². The summed E-state index contributed by atoms with van der Waals surface area (Å²) in [5.74, 6) is 0.821. The van der Waals surface area contributed by atoms with Crippen molar-refractivity contribution in [3.05, 3.63) is 83.0 Å². The molecule has 1 aromatic heterocycles. The molecule has 0 bridgehead atoms. The molecule has 4 nitrogen and oxygen atoms in total. The van der Waals surface area contributed by atoms with E-state index in [0.29, 0.717) is 29.2 Å². The summed E-state index contributed by atoms with van der Waals surface area (Å²) in [4.78, 5) is 12.3. The second-order valence-corrected chi connectivity index (χ2v) is 5.08. The molecule has 0 fully saturated rings. The Labute approximate surface area is 132 Å². The SMILES string of the molecule is Cc1cc(COc2ccc(C(=O)c3ccc(F)cc3)cc2)no1. The van der Waals surface area contributed by atoms with E-state index in [-0.39, 0.29) is 11.6 Å². The predicted molar refractivity (Wildman–Crippen MR) is 81.8 cm³/mol. The van der Waals surface area contributed by atoms with E-state index in [0.717, 1.165) is 5.76 Å². The molecule has 3 rings (SSSR count). The summed E-state index contributed by atoms with van der Waals surface area (Å²) in [7, 11) is 0. The number of hydrogen-bond donors (Lipinski definition) is 0. The molecule has 23 heavy (non-hydrogen) atoms. The van der Waals surface area contributed by atoms with Gasteiger partial charge in [-0.05, 0) is 55.5 Å². The largest absolute Gasteiger partial charge is 0.487 e. The summed E-state index contributed by atoms with van der Waals surface area (Å²) < 4.78 is 23.4. The monoisotopic (exact) mass is 311 g/mol. The van der Waals surface area contributed by atoms with Gasteiger partial charge < -0.3 is 9.26 Å². The number of hydrogen-bond acceptors (Lipinski definition) is 4. The Morgan fingerprint density at radius 3 is 2.26 bits per heavy atom. The third kappa shape index (κ3) is 3.63. The topological polar surface area (TPSA) is 52.3 Å². The normalized spacial score (nSPS) is 10.5. The maximum Gasteiger partial charge on any atom is 0.193 e. The van der Waals surface area contributed by atoms with E-state index in [1.165, 1.54) is 24.3 Å². The lowest BCUT2D eigenvalue weighted by Crippen LogP contribution is -2.01. The molecule has 1 heterocycles. The fourth-order valence-electron chi connectivity index (χ4n) is 2.11. The molecule has 0 N–H and O–H groups in total. The van der Waals surface area contributed by atoms with Gasteiger partial charge in [0.15, 0.2) is 5.78 Å². The van der Waals surface area contributed by atoms with E-state index < -0.39 is 0 Å². The van der Waals surface area contributed by atoms with Gasteiger partial charge in [0.05, 0.1) is 0 Å². The van der Waals surface area contributed by atoms with Crippen LogP contribution in [0.5, 0.6) is 5.75 Å². The van der Waals surface area contributed by atoms with Crippen molar-refractivity contribution in [1.29, 1.82) is 0 Å². The summed E-state index contributed by atoms with van der Waals surface area (Å²) in [5.41, 5.74) is 1.66. The molecule has 0 atom stereocenters. The molecule has 0 saturated heterocycles. The highest BCUT2D eigenvalue weighted by atomic mass is 19.1. The molecular weight excluding hydrogens is 297 g/mol. The van der Waals surface area contributed by atoms with Gasteiger partial charge in [-0.25, -0.2) is 4.39 Å². The molecular formula is C18H14FNO3. The molecule has 0 unspecified atom stereocenters. The average Bonchev–Trinajstić information content (AvgIpc) is 2.99. The highest BCUT2D eigenvalue weighted by Crippen LogP contribution is 2.17. The number of rotatable bonds is 5. The van der Waals surface area contributed by atoms with Crippen LogP contribution in [0.3, 0.4) is 0 Å². The first kappa shape index (κ1) is 15.0. The van der Waals surface area contributed by atoms with E-state index in [4.69, 9.17) is 9.26 Å². The van der Waals surface area contributed by atoms with Gasteiger partial charge in [0.1, 0.15) is 29.6 Å². The fraction of sp³-hybridized carbons (Fsp3) is 0.111. The van der Waals surface area contributed by atoms with Crippen molar-refractivity contribution in [3.8, 4) is 5.75 Å². The van der Waals surface area contributed by atoms with Gasteiger partial charge in [-0.2, -0.15) is 0 Å². The summed E-state index contributed by atoms with van der Waals surface area (Å²) in [6, 6.07) is 14.0.